The summed E-state index contributed by atoms with van der Waals surface area (Å²) in [4.78, 5) is 4.88. The van der Waals surface area contributed by atoms with Crippen LogP contribution in [0.4, 0.5) is 5.95 Å². The second-order valence-electron chi connectivity index (χ2n) is 6.93. The predicted molar refractivity (Wildman–Crippen MR) is 99.8 cm³/mol. The molecule has 1 saturated carbocycles. The van der Waals surface area contributed by atoms with Gasteiger partial charge in [-0.3, -0.25) is 0 Å². The van der Waals surface area contributed by atoms with E-state index in [9.17, 15) is 0 Å². The summed E-state index contributed by atoms with van der Waals surface area (Å²) in [6, 6.07) is 15.1. The Bertz CT molecular complexity index is 1110. The second kappa shape index (κ2) is 5.28. The summed E-state index contributed by atoms with van der Waals surface area (Å²) in [5.41, 5.74) is 5.26. The highest BCUT2D eigenvalue weighted by atomic mass is 15.3. The molecule has 4 aromatic rings. The molecule has 0 unspecified atom stereocenters. The fourth-order valence-corrected chi connectivity index (χ4v) is 3.23. The molecule has 1 N–H and O–H groups in total. The van der Waals surface area contributed by atoms with E-state index in [4.69, 9.17) is 4.98 Å². The van der Waals surface area contributed by atoms with Gasteiger partial charge in [-0.1, -0.05) is 35.4 Å². The first-order valence-electron chi connectivity index (χ1n) is 8.68. The first-order valence-corrected chi connectivity index (χ1v) is 8.68. The molecule has 2 heterocycles. The largest absolute Gasteiger partial charge is 0.353 e. The number of rotatable bonds is 3. The molecule has 0 bridgehead atoms. The van der Waals surface area contributed by atoms with Crippen LogP contribution in [0.25, 0.3) is 27.9 Å². The third-order valence-electron chi connectivity index (χ3n) is 4.68. The van der Waals surface area contributed by atoms with Crippen molar-refractivity contribution in [3.05, 3.63) is 53.6 Å². The summed E-state index contributed by atoms with van der Waals surface area (Å²) >= 11 is 0. The Balaban J connectivity index is 1.84. The van der Waals surface area contributed by atoms with Crippen molar-refractivity contribution in [2.75, 3.05) is 5.32 Å². The average Bonchev–Trinajstić information content (AvgIpc) is 3.30. The van der Waals surface area contributed by atoms with Gasteiger partial charge in [0.2, 0.25) is 5.95 Å². The molecule has 25 heavy (non-hydrogen) atoms. The molecule has 1 fully saturated rings. The highest BCUT2D eigenvalue weighted by Gasteiger charge is 2.24. The van der Waals surface area contributed by atoms with Gasteiger partial charge in [0.1, 0.15) is 0 Å². The van der Waals surface area contributed by atoms with Gasteiger partial charge in [0.25, 0.3) is 0 Å². The minimum absolute atomic E-state index is 0.506. The van der Waals surface area contributed by atoms with Crippen LogP contribution in [0.2, 0.25) is 0 Å². The van der Waals surface area contributed by atoms with Gasteiger partial charge >= 0.3 is 0 Å². The van der Waals surface area contributed by atoms with E-state index < -0.39 is 0 Å². The molecule has 1 aliphatic carbocycles. The number of nitrogens with one attached hydrogen (secondary N) is 1. The van der Waals surface area contributed by atoms with Crippen LogP contribution >= 0.6 is 0 Å². The third-order valence-corrected chi connectivity index (χ3v) is 4.68. The highest BCUT2D eigenvalue weighted by molar-refractivity contribution is 5.93. The molecular weight excluding hydrogens is 310 g/mol. The van der Waals surface area contributed by atoms with Crippen LogP contribution in [0, 0.1) is 13.8 Å². The van der Waals surface area contributed by atoms with Crippen molar-refractivity contribution >= 4 is 22.5 Å². The van der Waals surface area contributed by atoms with Crippen LogP contribution in [0.1, 0.15) is 24.0 Å². The normalized spacial score (nSPS) is 14.3. The lowest BCUT2D eigenvalue weighted by molar-refractivity contribution is 1.03. The molecule has 0 atom stereocenters. The number of aryl methyl sites for hydroxylation is 2. The average molecular weight is 329 g/mol. The molecule has 0 amide bonds. The molecule has 0 spiro atoms. The van der Waals surface area contributed by atoms with Crippen molar-refractivity contribution < 1.29 is 0 Å². The van der Waals surface area contributed by atoms with Crippen LogP contribution in [0.5, 0.6) is 0 Å². The van der Waals surface area contributed by atoms with E-state index in [0.29, 0.717) is 6.04 Å². The van der Waals surface area contributed by atoms with Gasteiger partial charge < -0.3 is 5.32 Å². The summed E-state index contributed by atoms with van der Waals surface area (Å²) < 4.78 is 2.06. The molecule has 2 aromatic heterocycles. The molecule has 1 aliphatic rings. The van der Waals surface area contributed by atoms with Crippen LogP contribution in [-0.2, 0) is 0 Å². The van der Waals surface area contributed by atoms with E-state index >= 15 is 0 Å². The molecule has 0 saturated heterocycles. The maximum Gasteiger partial charge on any atom is 0.211 e. The number of nitrogens with zero attached hydrogens (tertiary/aromatic N) is 4. The minimum Gasteiger partial charge on any atom is -0.353 e. The van der Waals surface area contributed by atoms with Crippen molar-refractivity contribution in [2.45, 2.75) is 32.7 Å². The third kappa shape index (κ3) is 2.43. The van der Waals surface area contributed by atoms with Crippen molar-refractivity contribution in [3.8, 4) is 11.4 Å². The Labute approximate surface area is 145 Å². The van der Waals surface area contributed by atoms with E-state index in [-0.39, 0.29) is 0 Å². The number of anilines is 1. The smallest absolute Gasteiger partial charge is 0.211 e. The Morgan fingerprint density at radius 2 is 1.84 bits per heavy atom. The lowest BCUT2D eigenvalue weighted by atomic mass is 10.1. The monoisotopic (exact) mass is 329 g/mol. The van der Waals surface area contributed by atoms with Crippen molar-refractivity contribution in [3.63, 3.8) is 0 Å². The van der Waals surface area contributed by atoms with Crippen molar-refractivity contribution in [1.82, 2.24) is 19.6 Å². The van der Waals surface area contributed by atoms with Crippen molar-refractivity contribution in [2.24, 2.45) is 0 Å². The first kappa shape index (κ1) is 14.4. The zero-order chi connectivity index (χ0) is 17.0. The van der Waals surface area contributed by atoms with Gasteiger partial charge in [0.05, 0.1) is 5.52 Å². The minimum atomic E-state index is 0.506. The summed E-state index contributed by atoms with van der Waals surface area (Å²) in [5.74, 6) is 1.66. The number of hydrogen-bond donors (Lipinski definition) is 1. The van der Waals surface area contributed by atoms with Crippen LogP contribution < -0.4 is 5.32 Å². The van der Waals surface area contributed by atoms with E-state index in [1.54, 1.807) is 0 Å². The fourth-order valence-electron chi connectivity index (χ4n) is 3.23. The summed E-state index contributed by atoms with van der Waals surface area (Å²) in [6.45, 7) is 4.18. The molecular formula is C20H19N5. The first-order chi connectivity index (χ1) is 12.2. The lowest BCUT2D eigenvalue weighted by Crippen LogP contribution is -2.09. The fraction of sp³-hybridized carbons (Fsp3) is 0.250. The lowest BCUT2D eigenvalue weighted by Gasteiger charge is -2.11. The van der Waals surface area contributed by atoms with E-state index in [2.05, 4.69) is 76.2 Å². The maximum absolute atomic E-state index is 4.88. The number of benzene rings is 2. The molecule has 5 nitrogen and oxygen atoms in total. The molecule has 0 radical (unpaired) electrons. The van der Waals surface area contributed by atoms with E-state index in [0.717, 1.165) is 33.9 Å². The maximum atomic E-state index is 4.88. The molecule has 2 aromatic carbocycles. The summed E-state index contributed by atoms with van der Waals surface area (Å²) in [6.07, 6.45) is 2.38. The second-order valence-corrected chi connectivity index (χ2v) is 6.93. The standard InChI is InChI=1S/C20H19N5/c1-12-4-3-5-14(10-12)18-23-24-19-16-11-13(2)6-9-17(16)22-20(25(18)19)21-15-7-8-15/h3-6,9-11,15H,7-8H2,1-2H3,(H,21,22). The number of hydrogen-bond acceptors (Lipinski definition) is 4. The predicted octanol–water partition coefficient (Wildman–Crippen LogP) is 4.14. The van der Waals surface area contributed by atoms with Gasteiger partial charge in [0, 0.05) is 17.0 Å². The van der Waals surface area contributed by atoms with Crippen LogP contribution in [-0.4, -0.2) is 25.6 Å². The molecule has 0 aliphatic heterocycles. The van der Waals surface area contributed by atoms with Gasteiger partial charge in [-0.25, -0.2) is 9.38 Å². The molecule has 124 valence electrons. The Morgan fingerprint density at radius 1 is 1.00 bits per heavy atom. The molecule has 5 heteroatoms. The highest BCUT2D eigenvalue weighted by Crippen LogP contribution is 2.30. The zero-order valence-electron chi connectivity index (χ0n) is 14.3. The SMILES string of the molecule is Cc1cccc(-c2nnc3c4cc(C)ccc4nc(NC4CC4)n23)c1. The van der Waals surface area contributed by atoms with Crippen LogP contribution in [0.3, 0.4) is 0 Å². The zero-order valence-corrected chi connectivity index (χ0v) is 14.3. The van der Waals surface area contributed by atoms with Gasteiger partial charge in [-0.15, -0.1) is 10.2 Å². The Kier molecular flexibility index (Phi) is 3.04. The van der Waals surface area contributed by atoms with Gasteiger partial charge in [0.15, 0.2) is 11.5 Å². The van der Waals surface area contributed by atoms with Crippen LogP contribution in [0.15, 0.2) is 42.5 Å². The van der Waals surface area contributed by atoms with Gasteiger partial charge in [-0.2, -0.15) is 0 Å². The topological polar surface area (TPSA) is 55.1 Å². The van der Waals surface area contributed by atoms with E-state index in [1.165, 1.54) is 24.0 Å². The summed E-state index contributed by atoms with van der Waals surface area (Å²) in [7, 11) is 0. The quantitative estimate of drug-likeness (QED) is 0.614. The number of aromatic nitrogens is 4. The molecule has 5 rings (SSSR count). The Morgan fingerprint density at radius 3 is 2.64 bits per heavy atom. The number of fused-ring (bicyclic) bond motifs is 3. The summed E-state index contributed by atoms with van der Waals surface area (Å²) in [5, 5.41) is 13.6. The van der Waals surface area contributed by atoms with Crippen molar-refractivity contribution in [1.29, 1.82) is 0 Å². The van der Waals surface area contributed by atoms with E-state index in [1.807, 2.05) is 0 Å². The Hall–Kier alpha value is -2.95. The van der Waals surface area contributed by atoms with Gasteiger partial charge in [-0.05, 0) is 44.9 Å².